The first-order chi connectivity index (χ1) is 5.25. The van der Waals surface area contributed by atoms with Crippen LogP contribution in [0, 0.1) is 5.21 Å². The summed E-state index contributed by atoms with van der Waals surface area (Å²) >= 11 is 0. The molecule has 0 atom stereocenters. The van der Waals surface area contributed by atoms with Gasteiger partial charge in [0.1, 0.15) is 6.33 Å². The van der Waals surface area contributed by atoms with E-state index in [1.165, 1.54) is 6.33 Å². The lowest BCUT2D eigenvalue weighted by atomic mass is 10.7. The second-order valence-corrected chi connectivity index (χ2v) is 2.26. The van der Waals surface area contributed by atoms with Crippen LogP contribution in [-0.4, -0.2) is 34.5 Å². The molecule has 1 rings (SSSR count). The van der Waals surface area contributed by atoms with Crippen LogP contribution in [0.5, 0.6) is 0 Å². The molecule has 0 saturated carbocycles. The summed E-state index contributed by atoms with van der Waals surface area (Å²) in [5.74, 6) is 0.322. The molecule has 60 valence electrons. The Kier molecular flexibility index (Phi) is 2.10. The quantitative estimate of drug-likeness (QED) is 0.303. The maximum Gasteiger partial charge on any atom is 0.201 e. The zero-order chi connectivity index (χ0) is 8.27. The Morgan fingerprint density at radius 1 is 1.64 bits per heavy atom. The number of hydrogen-bond acceptors (Lipinski definition) is 3. The molecule has 0 aliphatic rings. The van der Waals surface area contributed by atoms with E-state index in [2.05, 4.69) is 10.1 Å². The van der Waals surface area contributed by atoms with Crippen LogP contribution in [0.2, 0.25) is 0 Å². The lowest BCUT2D eigenvalue weighted by Gasteiger charge is -2.16. The Bertz CT molecular complexity index is 239. The van der Waals surface area contributed by atoms with Crippen molar-refractivity contribution in [1.29, 1.82) is 0 Å². The average Bonchev–Trinajstić information content (AvgIpc) is 2.40. The van der Waals surface area contributed by atoms with Gasteiger partial charge in [0.15, 0.2) is 0 Å². The highest BCUT2D eigenvalue weighted by molar-refractivity contribution is 5.81. The van der Waals surface area contributed by atoms with Crippen molar-refractivity contribution in [3.05, 3.63) is 23.9 Å². The first-order valence-corrected chi connectivity index (χ1v) is 3.11. The summed E-state index contributed by atoms with van der Waals surface area (Å²) in [6, 6.07) is 0. The Morgan fingerprint density at radius 2 is 2.36 bits per heavy atom. The van der Waals surface area contributed by atoms with Gasteiger partial charge in [-0.05, 0) is 0 Å². The summed E-state index contributed by atoms with van der Waals surface area (Å²) in [5, 5.41) is 13.1. The number of rotatable bonds is 0. The van der Waals surface area contributed by atoms with Crippen molar-refractivity contribution in [1.82, 2.24) is 14.5 Å². The highest BCUT2D eigenvalue weighted by atomic mass is 16.4. The zero-order valence-corrected chi connectivity index (χ0v) is 6.43. The lowest BCUT2D eigenvalue weighted by molar-refractivity contribution is 0.595. The van der Waals surface area contributed by atoms with Gasteiger partial charge in [0.25, 0.3) is 0 Å². The van der Waals surface area contributed by atoms with E-state index in [1.54, 1.807) is 36.0 Å². The molecular weight excluding hydrogens is 144 g/mol. The third-order valence-corrected chi connectivity index (χ3v) is 1.22. The summed E-state index contributed by atoms with van der Waals surface area (Å²) < 4.78 is 1.55. The Hall–Kier alpha value is -1.52. The van der Waals surface area contributed by atoms with E-state index in [0.29, 0.717) is 5.96 Å². The highest BCUT2D eigenvalue weighted by Gasteiger charge is 1.99. The third-order valence-electron chi connectivity index (χ3n) is 1.22. The van der Waals surface area contributed by atoms with E-state index in [0.717, 1.165) is 0 Å². The molecule has 0 aromatic carbocycles. The van der Waals surface area contributed by atoms with Crippen LogP contribution in [0.25, 0.3) is 0 Å². The molecule has 1 aromatic rings. The first kappa shape index (κ1) is 7.59. The fourth-order valence-corrected chi connectivity index (χ4v) is 0.737. The third kappa shape index (κ3) is 1.49. The minimum Gasteiger partial charge on any atom is -0.789 e. The highest BCUT2D eigenvalue weighted by Crippen LogP contribution is 1.90. The van der Waals surface area contributed by atoms with Crippen LogP contribution in [0.1, 0.15) is 0 Å². The number of hydrogen-bond donors (Lipinski definition) is 0. The number of aromatic nitrogens is 2. The van der Waals surface area contributed by atoms with Gasteiger partial charge in [0.05, 0.1) is 0 Å². The SMILES string of the molecule is CN(C)/C(=N/[O-])n1ccnc1. The molecule has 0 saturated heterocycles. The molecule has 5 nitrogen and oxygen atoms in total. The molecule has 0 unspecified atom stereocenters. The second-order valence-electron chi connectivity index (χ2n) is 2.26. The van der Waals surface area contributed by atoms with E-state index in [1.807, 2.05) is 0 Å². The van der Waals surface area contributed by atoms with Gasteiger partial charge in [0, 0.05) is 26.5 Å². The molecule has 0 aliphatic heterocycles. The average molecular weight is 153 g/mol. The number of nitrogens with zero attached hydrogens (tertiary/aromatic N) is 4. The normalized spacial score (nSPS) is 11.6. The van der Waals surface area contributed by atoms with Gasteiger partial charge in [-0.25, -0.2) is 4.98 Å². The van der Waals surface area contributed by atoms with Crippen molar-refractivity contribution < 1.29 is 0 Å². The molecular formula is C6H9N4O-. The minimum atomic E-state index is 0.322. The monoisotopic (exact) mass is 153 g/mol. The van der Waals surface area contributed by atoms with Crippen molar-refractivity contribution in [2.45, 2.75) is 0 Å². The fourth-order valence-electron chi connectivity index (χ4n) is 0.737. The lowest BCUT2D eigenvalue weighted by Crippen LogP contribution is -2.27. The Balaban J connectivity index is 2.90. The van der Waals surface area contributed by atoms with Gasteiger partial charge >= 0.3 is 0 Å². The van der Waals surface area contributed by atoms with Crippen LogP contribution >= 0.6 is 0 Å². The Morgan fingerprint density at radius 3 is 2.73 bits per heavy atom. The van der Waals surface area contributed by atoms with Crippen molar-refractivity contribution >= 4 is 5.96 Å². The van der Waals surface area contributed by atoms with Gasteiger partial charge in [0.2, 0.25) is 5.96 Å². The van der Waals surface area contributed by atoms with Crippen LogP contribution in [0.3, 0.4) is 0 Å². The van der Waals surface area contributed by atoms with Gasteiger partial charge in [-0.3, -0.25) is 9.72 Å². The molecule has 0 fully saturated rings. The molecule has 0 aliphatic carbocycles. The van der Waals surface area contributed by atoms with Crippen LogP contribution in [0.15, 0.2) is 23.9 Å². The van der Waals surface area contributed by atoms with Gasteiger partial charge in [-0.1, -0.05) is 0 Å². The summed E-state index contributed by atoms with van der Waals surface area (Å²) in [4.78, 5) is 5.41. The summed E-state index contributed by atoms with van der Waals surface area (Å²) in [6.45, 7) is 0. The Labute approximate surface area is 64.6 Å². The molecule has 1 heterocycles. The summed E-state index contributed by atoms with van der Waals surface area (Å²) in [7, 11) is 3.49. The van der Waals surface area contributed by atoms with E-state index in [4.69, 9.17) is 0 Å². The summed E-state index contributed by atoms with van der Waals surface area (Å²) in [6.07, 6.45) is 4.78. The van der Waals surface area contributed by atoms with E-state index in [9.17, 15) is 5.21 Å². The van der Waals surface area contributed by atoms with Gasteiger partial charge in [-0.2, -0.15) is 0 Å². The van der Waals surface area contributed by atoms with Crippen molar-refractivity contribution in [3.63, 3.8) is 0 Å². The second kappa shape index (κ2) is 3.05. The smallest absolute Gasteiger partial charge is 0.201 e. The molecule has 0 spiro atoms. The van der Waals surface area contributed by atoms with E-state index >= 15 is 0 Å². The maximum atomic E-state index is 10.3. The molecule has 0 N–H and O–H groups in total. The number of imidazole rings is 1. The summed E-state index contributed by atoms with van der Waals surface area (Å²) in [5.41, 5.74) is 0. The van der Waals surface area contributed by atoms with Crippen molar-refractivity contribution in [3.8, 4) is 0 Å². The molecule has 0 bridgehead atoms. The van der Waals surface area contributed by atoms with E-state index < -0.39 is 0 Å². The molecule has 0 amide bonds. The van der Waals surface area contributed by atoms with E-state index in [-0.39, 0.29) is 0 Å². The zero-order valence-electron chi connectivity index (χ0n) is 6.43. The predicted molar refractivity (Wildman–Crippen MR) is 42.1 cm³/mol. The molecule has 11 heavy (non-hydrogen) atoms. The molecule has 1 aromatic heterocycles. The minimum absolute atomic E-state index is 0.322. The predicted octanol–water partition coefficient (Wildman–Crippen LogP) is 0.147. The van der Waals surface area contributed by atoms with Crippen LogP contribution in [0.4, 0.5) is 0 Å². The van der Waals surface area contributed by atoms with Crippen molar-refractivity contribution in [2.75, 3.05) is 14.1 Å². The van der Waals surface area contributed by atoms with Gasteiger partial charge in [-0.15, -0.1) is 0 Å². The molecule has 5 heteroatoms. The van der Waals surface area contributed by atoms with Crippen molar-refractivity contribution in [2.24, 2.45) is 5.16 Å². The van der Waals surface area contributed by atoms with Gasteiger partial charge < -0.3 is 10.1 Å². The molecule has 0 radical (unpaired) electrons. The maximum absolute atomic E-state index is 10.3. The first-order valence-electron chi connectivity index (χ1n) is 3.11. The van der Waals surface area contributed by atoms with Crippen LogP contribution < -0.4 is 0 Å². The largest absolute Gasteiger partial charge is 0.789 e. The van der Waals surface area contributed by atoms with Crippen LogP contribution in [-0.2, 0) is 0 Å². The fraction of sp³-hybridized carbons (Fsp3) is 0.333. The standard InChI is InChI=1S/C6H10N4O/c1-9(2)6(8-11)10-4-3-7-5-10/h3-5,11H,1-2H3/p-1/b8-6-. The topological polar surface area (TPSA) is 56.5 Å².